The molecule has 0 saturated heterocycles. The zero-order chi connectivity index (χ0) is 13.1. The predicted octanol–water partition coefficient (Wildman–Crippen LogP) is 2.54. The Kier molecular flexibility index (Phi) is 4.17. The van der Waals surface area contributed by atoms with Crippen LogP contribution in [0.5, 0.6) is 11.5 Å². The first-order valence-electron chi connectivity index (χ1n) is 4.26. The second-order valence-electron chi connectivity index (χ2n) is 2.82. The van der Waals surface area contributed by atoms with E-state index in [2.05, 4.69) is 9.72 Å². The summed E-state index contributed by atoms with van der Waals surface area (Å²) in [6.45, 7) is 0. The largest absolute Gasteiger partial charge is 0.573 e. The van der Waals surface area contributed by atoms with Crippen molar-refractivity contribution in [2.45, 2.75) is 12.2 Å². The topological polar surface area (TPSA) is 48.4 Å². The van der Waals surface area contributed by atoms with Gasteiger partial charge >= 0.3 is 6.36 Å². The van der Waals surface area contributed by atoms with Gasteiger partial charge < -0.3 is 9.47 Å². The van der Waals surface area contributed by atoms with Crippen LogP contribution in [-0.4, -0.2) is 24.7 Å². The number of nitrogens with zero attached hydrogens (tertiary/aromatic N) is 1. The molecule has 0 fully saturated rings. The molecule has 0 radical (unpaired) electrons. The third-order valence-corrected chi connectivity index (χ3v) is 1.97. The number of hydrogen-bond acceptors (Lipinski definition) is 4. The first-order valence-corrected chi connectivity index (χ1v) is 4.79. The van der Waals surface area contributed by atoms with Crippen molar-refractivity contribution in [3.05, 3.63) is 17.5 Å². The minimum Gasteiger partial charge on any atom is -0.493 e. The lowest BCUT2D eigenvalue weighted by Crippen LogP contribution is -2.19. The maximum absolute atomic E-state index is 12.1. The Labute approximate surface area is 99.3 Å². The lowest BCUT2D eigenvalue weighted by Gasteiger charge is -2.15. The van der Waals surface area contributed by atoms with E-state index in [4.69, 9.17) is 16.3 Å². The second-order valence-corrected chi connectivity index (χ2v) is 3.09. The first-order chi connectivity index (χ1) is 7.91. The van der Waals surface area contributed by atoms with Gasteiger partial charge in [-0.05, 0) is 0 Å². The summed E-state index contributed by atoms with van der Waals surface area (Å²) in [5.41, 5.74) is -0.308. The highest BCUT2D eigenvalue weighted by atomic mass is 35.5. The predicted molar refractivity (Wildman–Crippen MR) is 52.4 cm³/mol. The van der Waals surface area contributed by atoms with E-state index >= 15 is 0 Å². The minimum absolute atomic E-state index is 0.0907. The fourth-order valence-electron chi connectivity index (χ4n) is 1.11. The maximum atomic E-state index is 12.1. The van der Waals surface area contributed by atoms with Gasteiger partial charge in [-0.15, -0.1) is 24.8 Å². The number of methoxy groups -OCH3 is 1. The van der Waals surface area contributed by atoms with Gasteiger partial charge in [0.25, 0.3) is 0 Å². The Morgan fingerprint density at radius 1 is 1.53 bits per heavy atom. The average Bonchev–Trinajstić information content (AvgIpc) is 2.27. The van der Waals surface area contributed by atoms with E-state index in [1.165, 1.54) is 0 Å². The molecule has 0 bridgehead atoms. The highest BCUT2D eigenvalue weighted by molar-refractivity contribution is 6.17. The smallest absolute Gasteiger partial charge is 0.493 e. The Morgan fingerprint density at radius 3 is 2.59 bits per heavy atom. The van der Waals surface area contributed by atoms with Crippen LogP contribution < -0.4 is 9.47 Å². The molecule has 0 atom stereocenters. The van der Waals surface area contributed by atoms with Gasteiger partial charge in [0, 0.05) is 6.07 Å². The van der Waals surface area contributed by atoms with E-state index in [-0.39, 0.29) is 23.0 Å². The molecule has 1 aromatic rings. The number of halogens is 4. The fourth-order valence-corrected chi connectivity index (χ4v) is 1.29. The molecule has 0 aromatic carbocycles. The highest BCUT2D eigenvalue weighted by Gasteiger charge is 2.34. The van der Waals surface area contributed by atoms with E-state index in [9.17, 15) is 18.0 Å². The van der Waals surface area contributed by atoms with Crippen LogP contribution in [0.1, 0.15) is 16.2 Å². The molecule has 0 N–H and O–H groups in total. The van der Waals surface area contributed by atoms with Crippen molar-refractivity contribution in [3.8, 4) is 11.5 Å². The molecule has 0 saturated carbocycles. The van der Waals surface area contributed by atoms with Gasteiger partial charge in [0.1, 0.15) is 11.4 Å². The lowest BCUT2D eigenvalue weighted by atomic mass is 10.2. The molecule has 0 aliphatic carbocycles. The normalized spacial score (nSPS) is 11.1. The molecule has 94 valence electrons. The summed E-state index contributed by atoms with van der Waals surface area (Å²) in [6, 6.07) is 1.03. The van der Waals surface area contributed by atoms with Gasteiger partial charge in [-0.2, -0.15) is 0 Å². The van der Waals surface area contributed by atoms with Crippen molar-refractivity contribution in [1.29, 1.82) is 0 Å². The zero-order valence-electron chi connectivity index (χ0n) is 8.55. The van der Waals surface area contributed by atoms with Crippen LogP contribution in [-0.2, 0) is 5.88 Å². The van der Waals surface area contributed by atoms with Gasteiger partial charge in [-0.3, -0.25) is 4.79 Å². The number of hydrogen-bond donors (Lipinski definition) is 0. The van der Waals surface area contributed by atoms with Gasteiger partial charge in [-0.1, -0.05) is 0 Å². The number of ether oxygens (including phenoxy) is 2. The molecule has 1 aromatic heterocycles. The van der Waals surface area contributed by atoms with Gasteiger partial charge in [0.05, 0.1) is 13.0 Å². The number of carbonyl (C=O) groups excluding carboxylic acids is 1. The van der Waals surface area contributed by atoms with Crippen LogP contribution >= 0.6 is 11.6 Å². The SMILES string of the molecule is COc1cc(C=O)nc(CCl)c1OC(F)(F)F. The van der Waals surface area contributed by atoms with Crippen LogP contribution in [0.4, 0.5) is 13.2 Å². The molecule has 1 rings (SSSR count). The summed E-state index contributed by atoms with van der Waals surface area (Å²) in [4.78, 5) is 14.1. The third kappa shape index (κ3) is 3.48. The van der Waals surface area contributed by atoms with Gasteiger partial charge in [0.2, 0.25) is 0 Å². The fraction of sp³-hybridized carbons (Fsp3) is 0.333. The Balaban J connectivity index is 3.29. The number of carbonyl (C=O) groups is 1. The molecule has 17 heavy (non-hydrogen) atoms. The number of aldehydes is 1. The molecule has 0 unspecified atom stereocenters. The Hall–Kier alpha value is -1.50. The van der Waals surface area contributed by atoms with Crippen LogP contribution in [0.3, 0.4) is 0 Å². The van der Waals surface area contributed by atoms with Crippen LogP contribution in [0.2, 0.25) is 0 Å². The van der Waals surface area contributed by atoms with E-state index < -0.39 is 12.1 Å². The monoisotopic (exact) mass is 269 g/mol. The molecule has 0 amide bonds. The molecule has 8 heteroatoms. The minimum atomic E-state index is -4.89. The molecule has 0 aliphatic rings. The number of aromatic nitrogens is 1. The summed E-state index contributed by atoms with van der Waals surface area (Å²) in [6.07, 6.45) is -4.52. The maximum Gasteiger partial charge on any atom is 0.573 e. The van der Waals surface area contributed by atoms with E-state index in [1.54, 1.807) is 0 Å². The molecular weight excluding hydrogens is 263 g/mol. The molecule has 1 heterocycles. The van der Waals surface area contributed by atoms with E-state index in [1.807, 2.05) is 0 Å². The zero-order valence-corrected chi connectivity index (χ0v) is 9.30. The van der Waals surface area contributed by atoms with Crippen molar-refractivity contribution >= 4 is 17.9 Å². The summed E-state index contributed by atoms with van der Waals surface area (Å²) in [7, 11) is 1.14. The lowest BCUT2D eigenvalue weighted by molar-refractivity contribution is -0.275. The van der Waals surface area contributed by atoms with E-state index in [0.717, 1.165) is 13.2 Å². The number of rotatable bonds is 4. The van der Waals surface area contributed by atoms with Crippen molar-refractivity contribution in [2.75, 3.05) is 7.11 Å². The van der Waals surface area contributed by atoms with Crippen molar-refractivity contribution < 1.29 is 27.4 Å². The number of pyridine rings is 1. The summed E-state index contributed by atoms with van der Waals surface area (Å²) in [5, 5.41) is 0. The van der Waals surface area contributed by atoms with Crippen LogP contribution in [0.25, 0.3) is 0 Å². The molecule has 4 nitrogen and oxygen atoms in total. The van der Waals surface area contributed by atoms with Crippen molar-refractivity contribution in [1.82, 2.24) is 4.98 Å². The molecular formula is C9H7ClF3NO3. The summed E-state index contributed by atoms with van der Waals surface area (Å²) in [5.74, 6) is -1.24. The second kappa shape index (κ2) is 5.22. The Morgan fingerprint density at radius 2 is 2.18 bits per heavy atom. The van der Waals surface area contributed by atoms with Crippen molar-refractivity contribution in [2.24, 2.45) is 0 Å². The highest BCUT2D eigenvalue weighted by Crippen LogP contribution is 2.35. The summed E-state index contributed by atoms with van der Waals surface area (Å²) >= 11 is 5.44. The van der Waals surface area contributed by atoms with Crippen molar-refractivity contribution in [3.63, 3.8) is 0 Å². The molecule has 0 spiro atoms. The Bertz CT molecular complexity index is 397. The third-order valence-electron chi connectivity index (χ3n) is 1.71. The quantitative estimate of drug-likeness (QED) is 0.622. The van der Waals surface area contributed by atoms with E-state index in [0.29, 0.717) is 6.29 Å². The average molecular weight is 270 g/mol. The molecule has 0 aliphatic heterocycles. The van der Waals surface area contributed by atoms with Crippen LogP contribution in [0.15, 0.2) is 6.07 Å². The van der Waals surface area contributed by atoms with Crippen LogP contribution in [0, 0.1) is 0 Å². The standard InChI is InChI=1S/C9H7ClF3NO3/c1-16-7-2-5(4-15)14-6(3-10)8(7)17-9(11,12)13/h2,4H,3H2,1H3. The van der Waals surface area contributed by atoms with Gasteiger partial charge in [-0.25, -0.2) is 4.98 Å². The summed E-state index contributed by atoms with van der Waals surface area (Å²) < 4.78 is 44.9. The number of alkyl halides is 4. The first kappa shape index (κ1) is 13.6. The van der Waals surface area contributed by atoms with Gasteiger partial charge in [0.15, 0.2) is 17.8 Å².